The first-order chi connectivity index (χ1) is 10.1. The van der Waals surface area contributed by atoms with E-state index in [1.807, 2.05) is 31.2 Å². The summed E-state index contributed by atoms with van der Waals surface area (Å²) in [5.41, 5.74) is 6.14. The molecule has 0 aliphatic carbocycles. The molecule has 0 saturated carbocycles. The summed E-state index contributed by atoms with van der Waals surface area (Å²) in [6.45, 7) is 3.29. The number of benzene rings is 1. The molecule has 1 aromatic heterocycles. The van der Waals surface area contributed by atoms with Crippen molar-refractivity contribution >= 4 is 22.5 Å². The van der Waals surface area contributed by atoms with Gasteiger partial charge in [0.1, 0.15) is 5.82 Å². The molecular formula is C16H19N3O2. The highest BCUT2D eigenvalue weighted by Crippen LogP contribution is 2.25. The van der Waals surface area contributed by atoms with E-state index in [9.17, 15) is 4.79 Å². The standard InChI is InChI=1S/C16H19N3O2/c1-16(7-4-8-21-16)10-19-15(20)13-9-18-14(17)12-6-3-2-5-11(12)13/h2-3,5-6,9H,4,7-8,10H2,1H3,(H2,17,18)(H,19,20). The molecule has 3 rings (SSSR count). The third kappa shape index (κ3) is 2.69. The topological polar surface area (TPSA) is 77.2 Å². The molecule has 0 bridgehead atoms. The van der Waals surface area contributed by atoms with Gasteiger partial charge in [-0.15, -0.1) is 0 Å². The van der Waals surface area contributed by atoms with Crippen molar-refractivity contribution in [2.75, 3.05) is 18.9 Å². The van der Waals surface area contributed by atoms with E-state index in [4.69, 9.17) is 10.5 Å². The van der Waals surface area contributed by atoms with Crippen molar-refractivity contribution in [2.24, 2.45) is 0 Å². The Hall–Kier alpha value is -2.14. The van der Waals surface area contributed by atoms with Crippen molar-refractivity contribution in [3.05, 3.63) is 36.0 Å². The number of nitrogens with zero attached hydrogens (tertiary/aromatic N) is 1. The van der Waals surface area contributed by atoms with Gasteiger partial charge in [-0.25, -0.2) is 4.98 Å². The second-order valence-corrected chi connectivity index (χ2v) is 5.69. The van der Waals surface area contributed by atoms with Gasteiger partial charge < -0.3 is 15.8 Å². The van der Waals surface area contributed by atoms with Crippen LogP contribution in [0.4, 0.5) is 5.82 Å². The molecule has 0 spiro atoms. The molecule has 2 heterocycles. The van der Waals surface area contributed by atoms with Crippen LogP contribution in [-0.4, -0.2) is 29.6 Å². The SMILES string of the molecule is CC1(CNC(=O)c2cnc(N)c3ccccc23)CCCO1. The second kappa shape index (κ2) is 5.33. The fourth-order valence-electron chi connectivity index (χ4n) is 2.73. The van der Waals surface area contributed by atoms with E-state index in [0.717, 1.165) is 30.2 Å². The van der Waals surface area contributed by atoms with Gasteiger partial charge in [-0.1, -0.05) is 24.3 Å². The van der Waals surface area contributed by atoms with Crippen LogP contribution in [0.5, 0.6) is 0 Å². The molecule has 1 aromatic carbocycles. The largest absolute Gasteiger partial charge is 0.383 e. The number of rotatable bonds is 3. The lowest BCUT2D eigenvalue weighted by Crippen LogP contribution is -2.40. The first-order valence-electron chi connectivity index (χ1n) is 7.14. The van der Waals surface area contributed by atoms with Crippen LogP contribution in [0.25, 0.3) is 10.8 Å². The number of fused-ring (bicyclic) bond motifs is 1. The van der Waals surface area contributed by atoms with Crippen molar-refractivity contribution in [1.82, 2.24) is 10.3 Å². The zero-order valence-electron chi connectivity index (χ0n) is 12.1. The summed E-state index contributed by atoms with van der Waals surface area (Å²) in [5.74, 6) is 0.295. The van der Waals surface area contributed by atoms with Crippen LogP contribution < -0.4 is 11.1 Å². The summed E-state index contributed by atoms with van der Waals surface area (Å²) < 4.78 is 5.68. The highest BCUT2D eigenvalue weighted by atomic mass is 16.5. The van der Waals surface area contributed by atoms with Gasteiger partial charge in [0.25, 0.3) is 5.91 Å². The predicted molar refractivity (Wildman–Crippen MR) is 82.1 cm³/mol. The Labute approximate surface area is 123 Å². The zero-order chi connectivity index (χ0) is 14.9. The fraction of sp³-hybridized carbons (Fsp3) is 0.375. The lowest BCUT2D eigenvalue weighted by molar-refractivity contribution is 0.0206. The van der Waals surface area contributed by atoms with Crippen molar-refractivity contribution in [2.45, 2.75) is 25.4 Å². The van der Waals surface area contributed by atoms with Crippen molar-refractivity contribution < 1.29 is 9.53 Å². The van der Waals surface area contributed by atoms with Crippen LogP contribution >= 0.6 is 0 Å². The number of aromatic nitrogens is 1. The molecule has 110 valence electrons. The van der Waals surface area contributed by atoms with Crippen molar-refractivity contribution in [3.8, 4) is 0 Å². The number of nitrogen functional groups attached to an aromatic ring is 1. The van der Waals surface area contributed by atoms with Gasteiger partial charge in [0.2, 0.25) is 0 Å². The van der Waals surface area contributed by atoms with E-state index >= 15 is 0 Å². The number of anilines is 1. The first kappa shape index (κ1) is 13.8. The minimum Gasteiger partial charge on any atom is -0.383 e. The molecule has 3 N–H and O–H groups in total. The summed E-state index contributed by atoms with van der Waals surface area (Å²) in [4.78, 5) is 16.5. The summed E-state index contributed by atoms with van der Waals surface area (Å²) in [5, 5.41) is 4.57. The molecule has 1 fully saturated rings. The number of hydrogen-bond acceptors (Lipinski definition) is 4. The minimum atomic E-state index is -0.257. The van der Waals surface area contributed by atoms with Crippen LogP contribution in [0.3, 0.4) is 0 Å². The summed E-state index contributed by atoms with van der Waals surface area (Å²) >= 11 is 0. The number of carbonyl (C=O) groups excluding carboxylic acids is 1. The van der Waals surface area contributed by atoms with Crippen molar-refractivity contribution in [3.63, 3.8) is 0 Å². The van der Waals surface area contributed by atoms with Crippen LogP contribution in [-0.2, 0) is 4.74 Å². The Balaban J connectivity index is 1.83. The number of amides is 1. The maximum Gasteiger partial charge on any atom is 0.253 e. The van der Waals surface area contributed by atoms with E-state index in [1.54, 1.807) is 0 Å². The minimum absolute atomic E-state index is 0.143. The van der Waals surface area contributed by atoms with E-state index in [-0.39, 0.29) is 11.5 Å². The smallest absolute Gasteiger partial charge is 0.253 e. The Morgan fingerprint density at radius 3 is 2.90 bits per heavy atom. The van der Waals surface area contributed by atoms with E-state index in [0.29, 0.717) is 17.9 Å². The Kier molecular flexibility index (Phi) is 3.51. The number of hydrogen-bond donors (Lipinski definition) is 2. The van der Waals surface area contributed by atoms with E-state index in [1.165, 1.54) is 6.20 Å². The third-order valence-corrected chi connectivity index (χ3v) is 3.99. The first-order valence-corrected chi connectivity index (χ1v) is 7.14. The Morgan fingerprint density at radius 2 is 2.19 bits per heavy atom. The van der Waals surface area contributed by atoms with Gasteiger partial charge in [0, 0.05) is 24.7 Å². The molecule has 1 unspecified atom stereocenters. The van der Waals surface area contributed by atoms with Gasteiger partial charge >= 0.3 is 0 Å². The number of carbonyl (C=O) groups is 1. The third-order valence-electron chi connectivity index (χ3n) is 3.99. The van der Waals surface area contributed by atoms with Crippen LogP contribution in [0, 0.1) is 0 Å². The molecule has 1 saturated heterocycles. The molecule has 1 amide bonds. The van der Waals surface area contributed by atoms with Gasteiger partial charge in [-0.2, -0.15) is 0 Å². The Morgan fingerprint density at radius 1 is 1.43 bits per heavy atom. The second-order valence-electron chi connectivity index (χ2n) is 5.69. The highest BCUT2D eigenvalue weighted by molar-refractivity contribution is 6.08. The molecule has 2 aromatic rings. The maximum atomic E-state index is 12.4. The molecule has 1 atom stereocenters. The monoisotopic (exact) mass is 285 g/mol. The average Bonchev–Trinajstić information content (AvgIpc) is 2.93. The number of ether oxygens (including phenoxy) is 1. The molecular weight excluding hydrogens is 266 g/mol. The zero-order valence-corrected chi connectivity index (χ0v) is 12.1. The normalized spacial score (nSPS) is 21.6. The highest BCUT2D eigenvalue weighted by Gasteiger charge is 2.30. The molecule has 1 aliphatic heterocycles. The number of nitrogens with one attached hydrogen (secondary N) is 1. The summed E-state index contributed by atoms with van der Waals surface area (Å²) in [6, 6.07) is 7.53. The molecule has 5 heteroatoms. The van der Waals surface area contributed by atoms with Gasteiger partial charge in [-0.05, 0) is 25.2 Å². The maximum absolute atomic E-state index is 12.4. The van der Waals surface area contributed by atoms with Gasteiger partial charge in [-0.3, -0.25) is 4.79 Å². The number of nitrogens with two attached hydrogens (primary N) is 1. The average molecular weight is 285 g/mol. The summed E-state index contributed by atoms with van der Waals surface area (Å²) in [6.07, 6.45) is 3.54. The lowest BCUT2D eigenvalue weighted by atomic mass is 10.0. The lowest BCUT2D eigenvalue weighted by Gasteiger charge is -2.23. The summed E-state index contributed by atoms with van der Waals surface area (Å²) in [7, 11) is 0. The van der Waals surface area contributed by atoms with E-state index < -0.39 is 0 Å². The van der Waals surface area contributed by atoms with Crippen LogP contribution in [0.15, 0.2) is 30.5 Å². The number of pyridine rings is 1. The fourth-order valence-corrected chi connectivity index (χ4v) is 2.73. The van der Waals surface area contributed by atoms with Crippen molar-refractivity contribution in [1.29, 1.82) is 0 Å². The Bertz CT molecular complexity index is 678. The quantitative estimate of drug-likeness (QED) is 0.905. The molecule has 5 nitrogen and oxygen atoms in total. The van der Waals surface area contributed by atoms with Gasteiger partial charge in [0.05, 0.1) is 11.2 Å². The van der Waals surface area contributed by atoms with E-state index in [2.05, 4.69) is 10.3 Å². The van der Waals surface area contributed by atoms with Crippen LogP contribution in [0.1, 0.15) is 30.1 Å². The van der Waals surface area contributed by atoms with Gasteiger partial charge in [0.15, 0.2) is 0 Å². The molecule has 21 heavy (non-hydrogen) atoms. The van der Waals surface area contributed by atoms with Crippen LogP contribution in [0.2, 0.25) is 0 Å². The predicted octanol–water partition coefficient (Wildman–Crippen LogP) is 2.12. The molecule has 1 aliphatic rings. The molecule has 0 radical (unpaired) electrons.